The van der Waals surface area contributed by atoms with Gasteiger partial charge in [-0.2, -0.15) is 0 Å². The van der Waals surface area contributed by atoms with Crippen molar-refractivity contribution in [1.82, 2.24) is 0 Å². The minimum atomic E-state index is -1.46. The number of ketones is 1. The van der Waals surface area contributed by atoms with E-state index in [-0.39, 0.29) is 22.9 Å². The van der Waals surface area contributed by atoms with Gasteiger partial charge in [0.25, 0.3) is 0 Å². The van der Waals surface area contributed by atoms with Crippen molar-refractivity contribution in [2.24, 2.45) is 57.2 Å². The maximum absolute atomic E-state index is 13.9. The molecule has 0 spiro atoms. The van der Waals surface area contributed by atoms with Gasteiger partial charge in [-0.1, -0.05) is 27.7 Å². The van der Waals surface area contributed by atoms with Crippen molar-refractivity contribution in [3.8, 4) is 0 Å². The van der Waals surface area contributed by atoms with E-state index in [0.717, 1.165) is 25.8 Å². The number of carbonyl (C=O) groups excluding carboxylic acids is 1. The Hall–Kier alpha value is -0.900. The Labute approximate surface area is 245 Å². The maximum atomic E-state index is 13.9. The number of carbonyl (C=O) groups is 1. The van der Waals surface area contributed by atoms with Crippen molar-refractivity contribution in [1.29, 1.82) is 0 Å². The number of hydrogen-bond acceptors (Lipinski definition) is 8. The molecule has 8 heteroatoms. The largest absolute Gasteiger partial charge is 0.394 e. The molecule has 2 heterocycles. The number of aliphatic hydroxyl groups excluding tert-OH is 4. The third-order valence-corrected chi connectivity index (χ3v) is 13.3. The summed E-state index contributed by atoms with van der Waals surface area (Å²) in [6.07, 6.45) is 3.53. The molecule has 2 aliphatic heterocycles. The summed E-state index contributed by atoms with van der Waals surface area (Å²) in [5.41, 5.74) is 1.67. The highest BCUT2D eigenvalue weighted by Gasteiger charge is 2.63. The summed E-state index contributed by atoms with van der Waals surface area (Å²) in [6, 6.07) is 0. The fraction of sp³-hybridized carbons (Fsp3) is 0.939. The molecule has 6 rings (SSSR count). The molecule has 5 fully saturated rings. The van der Waals surface area contributed by atoms with Crippen LogP contribution in [0.4, 0.5) is 0 Å². The zero-order chi connectivity index (χ0) is 29.3. The summed E-state index contributed by atoms with van der Waals surface area (Å²) in [5, 5.41) is 40.4. The monoisotopic (exact) mass is 575 g/mol. The number of hydrogen-bond donors (Lipinski definition) is 4. The van der Waals surface area contributed by atoms with Gasteiger partial charge in [0.1, 0.15) is 30.2 Å². The molecule has 15 atom stereocenters. The molecule has 0 amide bonds. The zero-order valence-corrected chi connectivity index (χ0v) is 25.5. The average molecular weight is 576 g/mol. The fourth-order valence-electron chi connectivity index (χ4n) is 10.8. The summed E-state index contributed by atoms with van der Waals surface area (Å²) < 4.78 is 11.8. The van der Waals surface area contributed by atoms with Crippen LogP contribution < -0.4 is 0 Å². The molecular weight excluding hydrogens is 522 g/mol. The van der Waals surface area contributed by atoms with Gasteiger partial charge < -0.3 is 29.9 Å². The lowest BCUT2D eigenvalue weighted by atomic mass is 9.44. The van der Waals surface area contributed by atoms with Gasteiger partial charge in [-0.15, -0.1) is 0 Å². The van der Waals surface area contributed by atoms with Gasteiger partial charge in [-0.3, -0.25) is 9.79 Å². The second kappa shape index (κ2) is 11.2. The molecule has 4 N–H and O–H groups in total. The third-order valence-electron chi connectivity index (χ3n) is 13.3. The van der Waals surface area contributed by atoms with Crippen LogP contribution >= 0.6 is 0 Å². The first-order valence-electron chi connectivity index (χ1n) is 16.5. The normalized spacial score (nSPS) is 52.7. The lowest BCUT2D eigenvalue weighted by Gasteiger charge is -2.60. The van der Waals surface area contributed by atoms with Crippen molar-refractivity contribution in [3.63, 3.8) is 0 Å². The van der Waals surface area contributed by atoms with E-state index in [9.17, 15) is 25.2 Å². The van der Waals surface area contributed by atoms with Crippen molar-refractivity contribution in [3.05, 3.63) is 0 Å². The molecule has 4 aliphatic carbocycles. The van der Waals surface area contributed by atoms with Crippen LogP contribution in [0, 0.1) is 52.3 Å². The lowest BCUT2D eigenvalue weighted by molar-refractivity contribution is -0.315. The fourth-order valence-corrected chi connectivity index (χ4v) is 10.8. The number of fused-ring (bicyclic) bond motifs is 5. The SMILES string of the molecule is C[C@H]1CCC([C@@H](C)[C@H]2CC[C@H]3[C@@H]4CC(=O)[C@H]5C[C@@H](O[C@@H]6O[C@H](CO)[C@@H](O)[C@H](O)[C@H]6O)CC[C@]5(C)[C@H]4CC[C@]23C)=NC1. The zero-order valence-electron chi connectivity index (χ0n) is 25.5. The van der Waals surface area contributed by atoms with Crippen LogP contribution in [0.15, 0.2) is 4.99 Å². The topological polar surface area (TPSA) is 129 Å². The van der Waals surface area contributed by atoms with Gasteiger partial charge in [-0.25, -0.2) is 0 Å². The number of aliphatic imine (C=N–C) groups is 1. The lowest BCUT2D eigenvalue weighted by Crippen LogP contribution is -2.61. The van der Waals surface area contributed by atoms with Gasteiger partial charge >= 0.3 is 0 Å². The van der Waals surface area contributed by atoms with Crippen molar-refractivity contribution in [2.45, 2.75) is 129 Å². The minimum Gasteiger partial charge on any atom is -0.394 e. The molecular formula is C33H53NO7. The van der Waals surface area contributed by atoms with E-state index in [1.54, 1.807) is 0 Å². The number of aliphatic hydroxyl groups is 4. The van der Waals surface area contributed by atoms with E-state index in [0.29, 0.717) is 54.1 Å². The van der Waals surface area contributed by atoms with E-state index in [1.165, 1.54) is 37.8 Å². The third kappa shape index (κ3) is 4.97. The second-order valence-electron chi connectivity index (χ2n) is 15.3. The minimum absolute atomic E-state index is 0.0517. The molecule has 0 radical (unpaired) electrons. The maximum Gasteiger partial charge on any atom is 0.186 e. The van der Waals surface area contributed by atoms with Crippen molar-refractivity contribution in [2.75, 3.05) is 13.2 Å². The van der Waals surface area contributed by atoms with Gasteiger partial charge in [0.15, 0.2) is 6.29 Å². The first kappa shape index (κ1) is 30.1. The van der Waals surface area contributed by atoms with E-state index >= 15 is 0 Å². The van der Waals surface area contributed by atoms with Crippen LogP contribution in [0.2, 0.25) is 0 Å². The number of rotatable bonds is 5. The van der Waals surface area contributed by atoms with Gasteiger partial charge in [0.05, 0.1) is 12.7 Å². The highest BCUT2D eigenvalue weighted by molar-refractivity contribution is 5.87. The number of Topliss-reactive ketones (excluding diaryl/α,β-unsaturated/α-hetero) is 1. The highest BCUT2D eigenvalue weighted by atomic mass is 16.7. The Morgan fingerprint density at radius 3 is 2.44 bits per heavy atom. The molecule has 0 bridgehead atoms. The summed E-state index contributed by atoms with van der Waals surface area (Å²) in [7, 11) is 0. The standard InChI is InChI=1S/C33H53NO7/c1-17-5-8-25(34-15-17)18(2)21-6-7-22-20-14-26(36)24-13-19(9-11-33(24,4)23(20)10-12-32(21,22)3)40-31-30(39)29(38)28(37)27(16-35)41-31/h17-24,27-31,35,37-39H,5-16H2,1-4H3/t17-,18-,19-,20-,21+,22-,23-,24+,27+,28+,29-,30+,31+,32+,33+/m0/s1. The highest BCUT2D eigenvalue weighted by Crippen LogP contribution is 2.68. The predicted molar refractivity (Wildman–Crippen MR) is 154 cm³/mol. The van der Waals surface area contributed by atoms with E-state index in [2.05, 4.69) is 27.7 Å². The van der Waals surface area contributed by atoms with E-state index < -0.39 is 37.3 Å². The molecule has 232 valence electrons. The van der Waals surface area contributed by atoms with Gasteiger partial charge in [0, 0.05) is 24.6 Å². The Bertz CT molecular complexity index is 1020. The first-order valence-corrected chi connectivity index (χ1v) is 16.5. The molecule has 0 aromatic rings. The molecule has 0 unspecified atom stereocenters. The second-order valence-corrected chi connectivity index (χ2v) is 15.3. The average Bonchev–Trinajstić information content (AvgIpc) is 3.31. The molecule has 1 saturated heterocycles. The Kier molecular flexibility index (Phi) is 8.25. The van der Waals surface area contributed by atoms with Crippen LogP contribution in [0.5, 0.6) is 0 Å². The quantitative estimate of drug-likeness (QED) is 0.369. The number of nitrogens with zero attached hydrogens (tertiary/aromatic N) is 1. The summed E-state index contributed by atoms with van der Waals surface area (Å²) in [5.74, 6) is 3.77. The number of ether oxygens (including phenoxy) is 2. The van der Waals surface area contributed by atoms with Crippen LogP contribution in [0.1, 0.15) is 91.9 Å². The van der Waals surface area contributed by atoms with E-state index in [1.807, 2.05) is 0 Å². The Morgan fingerprint density at radius 2 is 1.73 bits per heavy atom. The first-order chi connectivity index (χ1) is 19.5. The summed E-state index contributed by atoms with van der Waals surface area (Å²) in [6.45, 7) is 10.1. The van der Waals surface area contributed by atoms with Gasteiger partial charge in [-0.05, 0) is 104 Å². The molecule has 41 heavy (non-hydrogen) atoms. The smallest absolute Gasteiger partial charge is 0.186 e. The van der Waals surface area contributed by atoms with Crippen molar-refractivity contribution < 1.29 is 34.7 Å². The molecule has 0 aromatic carbocycles. The molecule has 8 nitrogen and oxygen atoms in total. The molecule has 0 aromatic heterocycles. The summed E-state index contributed by atoms with van der Waals surface area (Å²) in [4.78, 5) is 18.9. The Morgan fingerprint density at radius 1 is 1.00 bits per heavy atom. The van der Waals surface area contributed by atoms with Crippen LogP contribution in [0.25, 0.3) is 0 Å². The van der Waals surface area contributed by atoms with Crippen LogP contribution in [-0.2, 0) is 14.3 Å². The molecule has 4 saturated carbocycles. The van der Waals surface area contributed by atoms with Gasteiger partial charge in [0.2, 0.25) is 0 Å². The molecule has 6 aliphatic rings. The predicted octanol–water partition coefficient (Wildman–Crippen LogP) is 3.52. The van der Waals surface area contributed by atoms with Crippen LogP contribution in [-0.4, -0.2) is 81.9 Å². The Balaban J connectivity index is 1.14. The van der Waals surface area contributed by atoms with Crippen LogP contribution in [0.3, 0.4) is 0 Å². The van der Waals surface area contributed by atoms with E-state index in [4.69, 9.17) is 14.5 Å². The summed E-state index contributed by atoms with van der Waals surface area (Å²) >= 11 is 0. The van der Waals surface area contributed by atoms with Crippen molar-refractivity contribution >= 4 is 11.5 Å².